The SMILES string of the molecule is C[C@H](/C=C/C(=O)Nc1ccccc1N)[C@@H](O)c1ccc(OCCO)cc1. The topological polar surface area (TPSA) is 105 Å². The summed E-state index contributed by atoms with van der Waals surface area (Å²) in [6, 6.07) is 14.0. The zero-order chi connectivity index (χ0) is 18.9. The van der Waals surface area contributed by atoms with E-state index >= 15 is 0 Å². The predicted octanol–water partition coefficient (Wildman–Crippen LogP) is 2.50. The standard InChI is InChI=1S/C20H24N2O4/c1-14(6-11-19(24)22-18-5-3-2-4-17(18)21)20(25)15-7-9-16(10-8-15)26-13-12-23/h2-11,14,20,23,25H,12-13,21H2,1H3,(H,22,24)/b11-6+/t14-,20-/m1/s1. The van der Waals surface area contributed by atoms with E-state index in [-0.39, 0.29) is 25.0 Å². The number of aliphatic hydroxyl groups is 2. The Balaban J connectivity index is 1.93. The molecule has 0 heterocycles. The summed E-state index contributed by atoms with van der Waals surface area (Å²) in [6.07, 6.45) is 2.28. The molecular weight excluding hydrogens is 332 g/mol. The van der Waals surface area contributed by atoms with Crippen LogP contribution in [-0.4, -0.2) is 29.3 Å². The molecule has 6 nitrogen and oxygen atoms in total. The Hall–Kier alpha value is -2.83. The minimum atomic E-state index is -0.757. The third-order valence-electron chi connectivity index (χ3n) is 3.85. The third kappa shape index (κ3) is 5.61. The van der Waals surface area contributed by atoms with Gasteiger partial charge in [0, 0.05) is 5.92 Å². The van der Waals surface area contributed by atoms with E-state index in [1.165, 1.54) is 6.08 Å². The Morgan fingerprint density at radius 1 is 1.23 bits per heavy atom. The van der Waals surface area contributed by atoms with Gasteiger partial charge in [0.1, 0.15) is 12.4 Å². The average molecular weight is 356 g/mol. The van der Waals surface area contributed by atoms with Gasteiger partial charge in [-0.15, -0.1) is 0 Å². The van der Waals surface area contributed by atoms with Crippen molar-refractivity contribution in [3.05, 3.63) is 66.2 Å². The van der Waals surface area contributed by atoms with Gasteiger partial charge in [-0.3, -0.25) is 4.79 Å². The number of ether oxygens (including phenoxy) is 1. The van der Waals surface area contributed by atoms with E-state index in [9.17, 15) is 9.90 Å². The Morgan fingerprint density at radius 3 is 2.58 bits per heavy atom. The van der Waals surface area contributed by atoms with Crippen LogP contribution in [0.4, 0.5) is 11.4 Å². The molecule has 0 unspecified atom stereocenters. The van der Waals surface area contributed by atoms with Crippen molar-refractivity contribution in [1.82, 2.24) is 0 Å². The molecule has 6 heteroatoms. The van der Waals surface area contributed by atoms with Crippen LogP contribution < -0.4 is 15.8 Å². The maximum absolute atomic E-state index is 12.0. The van der Waals surface area contributed by atoms with Crippen LogP contribution >= 0.6 is 0 Å². The maximum Gasteiger partial charge on any atom is 0.248 e. The summed E-state index contributed by atoms with van der Waals surface area (Å²) in [5, 5.41) is 21.9. The zero-order valence-corrected chi connectivity index (χ0v) is 14.6. The van der Waals surface area contributed by atoms with Crippen LogP contribution in [0, 0.1) is 5.92 Å². The monoisotopic (exact) mass is 356 g/mol. The highest BCUT2D eigenvalue weighted by Crippen LogP contribution is 2.25. The molecule has 0 saturated carbocycles. The molecule has 0 saturated heterocycles. The van der Waals surface area contributed by atoms with Gasteiger partial charge in [-0.05, 0) is 35.9 Å². The summed E-state index contributed by atoms with van der Waals surface area (Å²) in [6.45, 7) is 1.99. The number of aliphatic hydroxyl groups excluding tert-OH is 2. The maximum atomic E-state index is 12.0. The molecule has 0 fully saturated rings. The molecular formula is C20H24N2O4. The van der Waals surface area contributed by atoms with Gasteiger partial charge in [0.05, 0.1) is 24.1 Å². The average Bonchev–Trinajstić information content (AvgIpc) is 2.66. The highest BCUT2D eigenvalue weighted by atomic mass is 16.5. The van der Waals surface area contributed by atoms with Crippen molar-refractivity contribution in [1.29, 1.82) is 0 Å². The third-order valence-corrected chi connectivity index (χ3v) is 3.85. The number of nitrogens with one attached hydrogen (secondary N) is 1. The summed E-state index contributed by atoms with van der Waals surface area (Å²) < 4.78 is 5.29. The van der Waals surface area contributed by atoms with Gasteiger partial charge in [0.2, 0.25) is 5.91 Å². The molecule has 2 atom stereocenters. The number of nitrogens with two attached hydrogens (primary N) is 1. The Bertz CT molecular complexity index is 744. The molecule has 26 heavy (non-hydrogen) atoms. The first kappa shape index (κ1) is 19.5. The van der Waals surface area contributed by atoms with Gasteiger partial charge in [0.25, 0.3) is 0 Å². The number of carbonyl (C=O) groups excluding carboxylic acids is 1. The van der Waals surface area contributed by atoms with Gasteiger partial charge in [-0.1, -0.05) is 37.3 Å². The van der Waals surface area contributed by atoms with Crippen molar-refractivity contribution in [2.45, 2.75) is 13.0 Å². The van der Waals surface area contributed by atoms with Crippen molar-refractivity contribution in [3.8, 4) is 5.75 Å². The molecule has 0 aliphatic rings. The van der Waals surface area contributed by atoms with Gasteiger partial charge < -0.3 is 26.0 Å². The number of rotatable bonds is 8. The lowest BCUT2D eigenvalue weighted by Crippen LogP contribution is -2.12. The fourth-order valence-electron chi connectivity index (χ4n) is 2.36. The van der Waals surface area contributed by atoms with Crippen LogP contribution in [-0.2, 0) is 4.79 Å². The van der Waals surface area contributed by atoms with E-state index in [1.807, 2.05) is 6.92 Å². The minimum absolute atomic E-state index is 0.0527. The van der Waals surface area contributed by atoms with E-state index in [2.05, 4.69) is 5.32 Å². The molecule has 0 aliphatic heterocycles. The highest BCUT2D eigenvalue weighted by molar-refractivity contribution is 6.01. The summed E-state index contributed by atoms with van der Waals surface area (Å²) in [4.78, 5) is 12.0. The number of para-hydroxylation sites is 2. The van der Waals surface area contributed by atoms with Crippen LogP contribution in [0.3, 0.4) is 0 Å². The van der Waals surface area contributed by atoms with Gasteiger partial charge in [-0.2, -0.15) is 0 Å². The van der Waals surface area contributed by atoms with Gasteiger partial charge in [0.15, 0.2) is 0 Å². The van der Waals surface area contributed by atoms with E-state index < -0.39 is 6.10 Å². The molecule has 0 spiro atoms. The second-order valence-corrected chi connectivity index (χ2v) is 5.88. The summed E-state index contributed by atoms with van der Waals surface area (Å²) in [7, 11) is 0. The van der Waals surface area contributed by atoms with Gasteiger partial charge >= 0.3 is 0 Å². The number of carbonyl (C=O) groups is 1. The summed E-state index contributed by atoms with van der Waals surface area (Å²) in [5.41, 5.74) is 7.54. The predicted molar refractivity (Wildman–Crippen MR) is 102 cm³/mol. The Kier molecular flexibility index (Phi) is 7.20. The van der Waals surface area contributed by atoms with Crippen LogP contribution in [0.15, 0.2) is 60.7 Å². The van der Waals surface area contributed by atoms with Crippen LogP contribution in [0.5, 0.6) is 5.75 Å². The molecule has 0 bridgehead atoms. The van der Waals surface area contributed by atoms with Crippen LogP contribution in [0.2, 0.25) is 0 Å². The smallest absolute Gasteiger partial charge is 0.248 e. The highest BCUT2D eigenvalue weighted by Gasteiger charge is 2.14. The zero-order valence-electron chi connectivity index (χ0n) is 14.6. The lowest BCUT2D eigenvalue weighted by molar-refractivity contribution is -0.111. The lowest BCUT2D eigenvalue weighted by Gasteiger charge is -2.16. The van der Waals surface area contributed by atoms with E-state index in [4.69, 9.17) is 15.6 Å². The van der Waals surface area contributed by atoms with Crippen molar-refractivity contribution in [3.63, 3.8) is 0 Å². The molecule has 2 aromatic rings. The number of anilines is 2. The van der Waals surface area contributed by atoms with E-state index in [1.54, 1.807) is 54.6 Å². The number of benzene rings is 2. The molecule has 5 N–H and O–H groups in total. The number of nitrogen functional groups attached to an aromatic ring is 1. The lowest BCUT2D eigenvalue weighted by atomic mass is 9.97. The molecule has 138 valence electrons. The van der Waals surface area contributed by atoms with E-state index in [0.717, 1.165) is 0 Å². The quantitative estimate of drug-likeness (QED) is 0.430. The van der Waals surface area contributed by atoms with Gasteiger partial charge in [-0.25, -0.2) is 0 Å². The fraction of sp³-hybridized carbons (Fsp3) is 0.250. The van der Waals surface area contributed by atoms with Crippen molar-refractivity contribution < 1.29 is 19.7 Å². The number of amides is 1. The normalized spacial score (nSPS) is 13.3. The molecule has 2 rings (SSSR count). The number of hydrogen-bond donors (Lipinski definition) is 4. The molecule has 2 aromatic carbocycles. The minimum Gasteiger partial charge on any atom is -0.491 e. The first-order chi connectivity index (χ1) is 12.5. The Labute approximate surface area is 152 Å². The van der Waals surface area contributed by atoms with Crippen molar-refractivity contribution in [2.75, 3.05) is 24.3 Å². The molecule has 0 radical (unpaired) electrons. The first-order valence-corrected chi connectivity index (χ1v) is 8.36. The largest absolute Gasteiger partial charge is 0.491 e. The second-order valence-electron chi connectivity index (χ2n) is 5.88. The molecule has 0 aromatic heterocycles. The summed E-state index contributed by atoms with van der Waals surface area (Å²) in [5.74, 6) is 0.0470. The van der Waals surface area contributed by atoms with Crippen molar-refractivity contribution in [2.24, 2.45) is 5.92 Å². The van der Waals surface area contributed by atoms with Crippen LogP contribution in [0.25, 0.3) is 0 Å². The first-order valence-electron chi connectivity index (χ1n) is 8.36. The summed E-state index contributed by atoms with van der Waals surface area (Å²) >= 11 is 0. The number of hydrogen-bond acceptors (Lipinski definition) is 5. The van der Waals surface area contributed by atoms with Crippen LogP contribution in [0.1, 0.15) is 18.6 Å². The Morgan fingerprint density at radius 2 is 1.92 bits per heavy atom. The second kappa shape index (κ2) is 9.60. The fourth-order valence-corrected chi connectivity index (χ4v) is 2.36. The molecule has 0 aliphatic carbocycles. The van der Waals surface area contributed by atoms with E-state index in [0.29, 0.717) is 22.7 Å². The molecule has 1 amide bonds. The van der Waals surface area contributed by atoms with Crippen molar-refractivity contribution >= 4 is 17.3 Å².